The second-order valence-electron chi connectivity index (χ2n) is 6.14. The van der Waals surface area contributed by atoms with Crippen LogP contribution in [0.5, 0.6) is 0 Å². The number of aryl methyl sites for hydroxylation is 2. The van der Waals surface area contributed by atoms with Gasteiger partial charge in [-0.25, -0.2) is 4.98 Å². The summed E-state index contributed by atoms with van der Waals surface area (Å²) in [7, 11) is 0. The molecule has 1 N–H and O–H groups in total. The zero-order valence-electron chi connectivity index (χ0n) is 13.3. The number of hydrogen-bond donors (Lipinski definition) is 1. The van der Waals surface area contributed by atoms with Crippen molar-refractivity contribution >= 4 is 5.91 Å². The van der Waals surface area contributed by atoms with Crippen molar-refractivity contribution in [3.8, 4) is 0 Å². The Morgan fingerprint density at radius 2 is 2.09 bits per heavy atom. The zero-order valence-corrected chi connectivity index (χ0v) is 13.3. The molecule has 0 radical (unpaired) electrons. The third-order valence-corrected chi connectivity index (χ3v) is 4.30. The Labute approximate surface area is 131 Å². The first kappa shape index (κ1) is 14.8. The van der Waals surface area contributed by atoms with Gasteiger partial charge in [-0.1, -0.05) is 24.3 Å². The van der Waals surface area contributed by atoms with Gasteiger partial charge in [0.25, 0.3) is 0 Å². The van der Waals surface area contributed by atoms with Crippen molar-refractivity contribution in [1.82, 2.24) is 14.9 Å². The quantitative estimate of drug-likeness (QED) is 0.891. The van der Waals surface area contributed by atoms with Crippen LogP contribution in [0.2, 0.25) is 0 Å². The van der Waals surface area contributed by atoms with E-state index in [0.29, 0.717) is 18.9 Å². The number of benzene rings is 1. The first-order valence-corrected chi connectivity index (χ1v) is 7.98. The maximum Gasteiger partial charge on any atom is 0.224 e. The Morgan fingerprint density at radius 1 is 1.32 bits per heavy atom. The van der Waals surface area contributed by atoms with Crippen LogP contribution in [-0.4, -0.2) is 22.0 Å². The number of rotatable bonds is 6. The highest BCUT2D eigenvalue weighted by Gasteiger charge is 2.28. The Hall–Kier alpha value is -2.10. The highest BCUT2D eigenvalue weighted by atomic mass is 16.1. The second-order valence-corrected chi connectivity index (χ2v) is 6.14. The number of aromatic nitrogens is 2. The Bertz CT molecular complexity index is 671. The summed E-state index contributed by atoms with van der Waals surface area (Å²) in [6, 6.07) is 8.03. The van der Waals surface area contributed by atoms with Crippen LogP contribution >= 0.6 is 0 Å². The molecule has 0 saturated heterocycles. The highest BCUT2D eigenvalue weighted by molar-refractivity contribution is 5.78. The molecule has 0 spiro atoms. The lowest BCUT2D eigenvalue weighted by Gasteiger charge is -2.11. The predicted molar refractivity (Wildman–Crippen MR) is 86.8 cm³/mol. The topological polar surface area (TPSA) is 46.9 Å². The predicted octanol–water partition coefficient (Wildman–Crippen LogP) is 2.74. The van der Waals surface area contributed by atoms with Gasteiger partial charge in [-0.15, -0.1) is 0 Å². The molecule has 2 aromatic rings. The van der Waals surface area contributed by atoms with Crippen LogP contribution in [0, 0.1) is 13.8 Å². The molecule has 4 heteroatoms. The molecule has 4 nitrogen and oxygen atoms in total. The third kappa shape index (κ3) is 3.38. The number of amides is 1. The van der Waals surface area contributed by atoms with Crippen molar-refractivity contribution < 1.29 is 4.79 Å². The maximum absolute atomic E-state index is 12.1. The number of nitrogens with zero attached hydrogens (tertiary/aromatic N) is 2. The van der Waals surface area contributed by atoms with Crippen molar-refractivity contribution in [2.75, 3.05) is 6.54 Å². The molecule has 1 aromatic carbocycles. The summed E-state index contributed by atoms with van der Waals surface area (Å²) in [6.45, 7) is 5.58. The summed E-state index contributed by atoms with van der Waals surface area (Å²) in [5.74, 6) is 1.90. The summed E-state index contributed by atoms with van der Waals surface area (Å²) < 4.78 is 2.24. The molecular formula is C18H23N3O. The molecule has 3 rings (SSSR count). The van der Waals surface area contributed by atoms with Crippen LogP contribution in [0.3, 0.4) is 0 Å². The SMILES string of the molecule is Cc1ccccc1CC(=O)NCCn1c(C)cnc1C1CC1. The molecule has 0 aliphatic heterocycles. The van der Waals surface area contributed by atoms with Gasteiger partial charge in [-0.2, -0.15) is 0 Å². The van der Waals surface area contributed by atoms with Gasteiger partial charge in [0.05, 0.1) is 6.42 Å². The van der Waals surface area contributed by atoms with E-state index in [0.717, 1.165) is 12.1 Å². The van der Waals surface area contributed by atoms with Crippen molar-refractivity contribution in [3.05, 3.63) is 53.1 Å². The van der Waals surface area contributed by atoms with E-state index in [9.17, 15) is 4.79 Å². The van der Waals surface area contributed by atoms with E-state index in [4.69, 9.17) is 0 Å². The van der Waals surface area contributed by atoms with Crippen molar-refractivity contribution in [1.29, 1.82) is 0 Å². The standard InChI is InChI=1S/C18H23N3O/c1-13-5-3-4-6-16(13)11-17(22)19-9-10-21-14(2)12-20-18(21)15-7-8-15/h3-6,12,15H,7-11H2,1-2H3,(H,19,22). The molecule has 1 aromatic heterocycles. The average Bonchev–Trinajstić information content (AvgIpc) is 3.27. The van der Waals surface area contributed by atoms with Gasteiger partial charge in [-0.3, -0.25) is 4.79 Å². The minimum atomic E-state index is 0.0834. The number of carbonyl (C=O) groups excluding carboxylic acids is 1. The fourth-order valence-corrected chi connectivity index (χ4v) is 2.79. The molecule has 0 bridgehead atoms. The average molecular weight is 297 g/mol. The first-order chi connectivity index (χ1) is 10.6. The molecule has 1 fully saturated rings. The van der Waals surface area contributed by atoms with Gasteiger partial charge in [0, 0.05) is 30.9 Å². The molecule has 1 aliphatic carbocycles. The Kier molecular flexibility index (Phi) is 4.27. The van der Waals surface area contributed by atoms with E-state index in [1.54, 1.807) is 0 Å². The van der Waals surface area contributed by atoms with Crippen molar-refractivity contribution in [2.45, 2.75) is 45.6 Å². The summed E-state index contributed by atoms with van der Waals surface area (Å²) in [4.78, 5) is 16.6. The fraction of sp³-hybridized carbons (Fsp3) is 0.444. The Morgan fingerprint density at radius 3 is 2.82 bits per heavy atom. The van der Waals surface area contributed by atoms with Crippen LogP contribution in [0.15, 0.2) is 30.5 Å². The summed E-state index contributed by atoms with van der Waals surface area (Å²) >= 11 is 0. The van der Waals surface area contributed by atoms with Crippen LogP contribution in [0.4, 0.5) is 0 Å². The van der Waals surface area contributed by atoms with E-state index in [1.165, 1.54) is 29.9 Å². The molecule has 1 heterocycles. The summed E-state index contributed by atoms with van der Waals surface area (Å²) in [5, 5.41) is 3.02. The van der Waals surface area contributed by atoms with E-state index in [-0.39, 0.29) is 5.91 Å². The van der Waals surface area contributed by atoms with Gasteiger partial charge in [0.2, 0.25) is 5.91 Å². The van der Waals surface area contributed by atoms with Gasteiger partial charge in [-0.05, 0) is 37.8 Å². The van der Waals surface area contributed by atoms with Gasteiger partial charge in [0.15, 0.2) is 0 Å². The van der Waals surface area contributed by atoms with Crippen LogP contribution in [0.1, 0.15) is 41.4 Å². The molecule has 1 aliphatic rings. The van der Waals surface area contributed by atoms with Crippen molar-refractivity contribution in [2.24, 2.45) is 0 Å². The lowest BCUT2D eigenvalue weighted by atomic mass is 10.1. The lowest BCUT2D eigenvalue weighted by Crippen LogP contribution is -2.29. The summed E-state index contributed by atoms with van der Waals surface area (Å²) in [6.07, 6.45) is 4.88. The molecule has 0 atom stereocenters. The van der Waals surface area contributed by atoms with E-state index in [2.05, 4.69) is 21.8 Å². The number of nitrogens with one attached hydrogen (secondary N) is 1. The molecule has 22 heavy (non-hydrogen) atoms. The number of hydrogen-bond acceptors (Lipinski definition) is 2. The van der Waals surface area contributed by atoms with E-state index >= 15 is 0 Å². The minimum absolute atomic E-state index is 0.0834. The van der Waals surface area contributed by atoms with Gasteiger partial charge in [0.1, 0.15) is 5.82 Å². The maximum atomic E-state index is 12.1. The zero-order chi connectivity index (χ0) is 15.5. The fourth-order valence-electron chi connectivity index (χ4n) is 2.79. The van der Waals surface area contributed by atoms with E-state index in [1.807, 2.05) is 37.4 Å². The van der Waals surface area contributed by atoms with Crippen LogP contribution in [0.25, 0.3) is 0 Å². The third-order valence-electron chi connectivity index (χ3n) is 4.30. The molecular weight excluding hydrogens is 274 g/mol. The molecule has 0 unspecified atom stereocenters. The molecule has 1 saturated carbocycles. The summed E-state index contributed by atoms with van der Waals surface area (Å²) in [5.41, 5.74) is 3.44. The first-order valence-electron chi connectivity index (χ1n) is 7.98. The van der Waals surface area contributed by atoms with E-state index < -0.39 is 0 Å². The van der Waals surface area contributed by atoms with Crippen LogP contribution < -0.4 is 5.32 Å². The second kappa shape index (κ2) is 6.34. The normalized spacial score (nSPS) is 14.1. The Balaban J connectivity index is 1.52. The number of imidazole rings is 1. The largest absolute Gasteiger partial charge is 0.354 e. The van der Waals surface area contributed by atoms with Gasteiger partial charge < -0.3 is 9.88 Å². The lowest BCUT2D eigenvalue weighted by molar-refractivity contribution is -0.120. The molecule has 116 valence electrons. The number of carbonyl (C=O) groups is 1. The highest BCUT2D eigenvalue weighted by Crippen LogP contribution is 2.39. The molecule has 1 amide bonds. The van der Waals surface area contributed by atoms with Gasteiger partial charge >= 0.3 is 0 Å². The van der Waals surface area contributed by atoms with Crippen LogP contribution in [-0.2, 0) is 17.8 Å². The smallest absolute Gasteiger partial charge is 0.224 e. The monoisotopic (exact) mass is 297 g/mol. The minimum Gasteiger partial charge on any atom is -0.354 e. The van der Waals surface area contributed by atoms with Crippen molar-refractivity contribution in [3.63, 3.8) is 0 Å².